The third-order valence-corrected chi connectivity index (χ3v) is 11.1. The average molecular weight is 566 g/mol. The number of nitrogens with zero attached hydrogens (tertiary/aromatic N) is 3. The summed E-state index contributed by atoms with van der Waals surface area (Å²) in [7, 11) is -2.87. The fourth-order valence-electron chi connectivity index (χ4n) is 6.15. The van der Waals surface area contributed by atoms with Gasteiger partial charge in [0, 0.05) is 49.6 Å². The molecule has 2 atom stereocenters. The predicted molar refractivity (Wildman–Crippen MR) is 155 cm³/mol. The van der Waals surface area contributed by atoms with E-state index >= 15 is 0 Å². The highest BCUT2D eigenvalue weighted by atomic mass is 32.2. The van der Waals surface area contributed by atoms with E-state index in [-0.39, 0.29) is 17.4 Å². The lowest BCUT2D eigenvalue weighted by molar-refractivity contribution is -0.120. The van der Waals surface area contributed by atoms with Crippen molar-refractivity contribution in [3.63, 3.8) is 0 Å². The number of carbonyl (C=O) groups excluding carboxylic acids is 1. The average Bonchev–Trinajstić information content (AvgIpc) is 3.41. The molecule has 0 amide bonds. The van der Waals surface area contributed by atoms with Gasteiger partial charge in [0.05, 0.1) is 17.2 Å². The molecule has 0 radical (unpaired) electrons. The zero-order valence-corrected chi connectivity index (χ0v) is 24.1. The molecule has 3 aromatic rings. The molecule has 2 aromatic carbocycles. The Morgan fingerprint density at radius 1 is 1.08 bits per heavy atom. The number of aryl methyl sites for hydroxylation is 2. The lowest BCUT2D eigenvalue weighted by Gasteiger charge is -2.51. The largest absolute Gasteiger partial charge is 0.488 e. The first-order chi connectivity index (χ1) is 18.8. The second kappa shape index (κ2) is 10.7. The van der Waals surface area contributed by atoms with Crippen LogP contribution in [0.2, 0.25) is 0 Å². The molecule has 1 saturated carbocycles. The fourth-order valence-corrected chi connectivity index (χ4v) is 8.27. The van der Waals surface area contributed by atoms with Gasteiger partial charge < -0.3 is 14.4 Å². The van der Waals surface area contributed by atoms with Crippen LogP contribution in [0.5, 0.6) is 5.75 Å². The van der Waals surface area contributed by atoms with Gasteiger partial charge in [-0.15, -0.1) is 11.3 Å². The summed E-state index contributed by atoms with van der Waals surface area (Å²) in [6, 6.07) is 12.7. The molecule has 1 aliphatic carbocycles. The Morgan fingerprint density at radius 3 is 2.56 bits per heavy atom. The number of anilines is 1. The number of benzene rings is 2. The molecule has 206 valence electrons. The smallest absolute Gasteiger partial charge is 0.185 e. The van der Waals surface area contributed by atoms with Crippen LogP contribution >= 0.6 is 11.3 Å². The summed E-state index contributed by atoms with van der Waals surface area (Å²) in [5, 5.41) is 3.13. The maximum Gasteiger partial charge on any atom is 0.185 e. The number of piperidine rings is 2. The molecule has 9 heteroatoms. The summed E-state index contributed by atoms with van der Waals surface area (Å²) in [5.41, 5.74) is 6.57. The molecule has 0 spiro atoms. The van der Waals surface area contributed by atoms with E-state index < -0.39 is 9.84 Å². The van der Waals surface area contributed by atoms with Crippen LogP contribution in [0.25, 0.3) is 11.3 Å². The van der Waals surface area contributed by atoms with E-state index in [0.29, 0.717) is 31.5 Å². The van der Waals surface area contributed by atoms with Gasteiger partial charge in [-0.05, 0) is 60.9 Å². The van der Waals surface area contributed by atoms with Gasteiger partial charge in [0.15, 0.2) is 15.0 Å². The van der Waals surface area contributed by atoms with Gasteiger partial charge in [-0.25, -0.2) is 13.4 Å². The van der Waals surface area contributed by atoms with Gasteiger partial charge in [-0.2, -0.15) is 0 Å². The first-order valence-corrected chi connectivity index (χ1v) is 16.4. The summed E-state index contributed by atoms with van der Waals surface area (Å²) >= 11 is 1.66. The third kappa shape index (κ3) is 5.62. The van der Waals surface area contributed by atoms with Crippen LogP contribution in [-0.2, 0) is 27.8 Å². The molecule has 4 heterocycles. The molecule has 2 unspecified atom stereocenters. The van der Waals surface area contributed by atoms with Crippen molar-refractivity contribution in [2.45, 2.75) is 33.4 Å². The zero-order valence-electron chi connectivity index (χ0n) is 22.5. The number of aromatic nitrogens is 1. The Bertz CT molecular complexity index is 1460. The molecule has 7 rings (SSSR count). The van der Waals surface area contributed by atoms with Crippen LogP contribution < -0.4 is 9.64 Å². The monoisotopic (exact) mass is 565 g/mol. The highest BCUT2D eigenvalue weighted by molar-refractivity contribution is 7.91. The number of aldehydes is 1. The quantitative estimate of drug-likeness (QED) is 0.372. The van der Waals surface area contributed by atoms with E-state index in [1.807, 2.05) is 6.07 Å². The predicted octanol–water partition coefficient (Wildman–Crippen LogP) is 4.51. The molecule has 3 aliphatic heterocycles. The van der Waals surface area contributed by atoms with Gasteiger partial charge in [0.2, 0.25) is 0 Å². The second-order valence-corrected chi connectivity index (χ2v) is 14.5. The first kappa shape index (κ1) is 26.5. The van der Waals surface area contributed by atoms with Crippen molar-refractivity contribution in [2.75, 3.05) is 42.6 Å². The normalized spacial score (nSPS) is 24.3. The first-order valence-electron chi connectivity index (χ1n) is 13.7. The van der Waals surface area contributed by atoms with Crippen LogP contribution in [0.1, 0.15) is 28.7 Å². The minimum atomic E-state index is -2.87. The van der Waals surface area contributed by atoms with E-state index in [4.69, 9.17) is 9.72 Å². The lowest BCUT2D eigenvalue weighted by Crippen LogP contribution is -2.55. The van der Waals surface area contributed by atoms with Crippen molar-refractivity contribution in [2.24, 2.45) is 17.8 Å². The molecular formula is C30H35N3O4S2. The van der Waals surface area contributed by atoms with E-state index in [1.165, 1.54) is 11.1 Å². The van der Waals surface area contributed by atoms with Crippen molar-refractivity contribution >= 4 is 32.6 Å². The Morgan fingerprint density at radius 2 is 1.85 bits per heavy atom. The van der Waals surface area contributed by atoms with Gasteiger partial charge in [0.25, 0.3) is 0 Å². The topological polar surface area (TPSA) is 79.8 Å². The van der Waals surface area contributed by atoms with E-state index in [9.17, 15) is 13.2 Å². The van der Waals surface area contributed by atoms with Crippen LogP contribution in [0.4, 0.5) is 5.13 Å². The Labute approximate surface area is 234 Å². The van der Waals surface area contributed by atoms with Crippen molar-refractivity contribution in [3.8, 4) is 17.0 Å². The highest BCUT2D eigenvalue weighted by Crippen LogP contribution is 2.46. The highest BCUT2D eigenvalue weighted by Gasteiger charge is 2.47. The summed E-state index contributed by atoms with van der Waals surface area (Å²) in [4.78, 5) is 20.9. The van der Waals surface area contributed by atoms with Crippen molar-refractivity contribution in [3.05, 3.63) is 64.0 Å². The molecule has 4 fully saturated rings. The van der Waals surface area contributed by atoms with Crippen LogP contribution in [0.3, 0.4) is 0 Å². The van der Waals surface area contributed by atoms with Crippen LogP contribution in [0.15, 0.2) is 41.8 Å². The van der Waals surface area contributed by atoms with Crippen LogP contribution in [0, 0.1) is 31.6 Å². The minimum Gasteiger partial charge on any atom is -0.488 e. The lowest BCUT2D eigenvalue weighted by atomic mass is 9.62. The summed E-state index contributed by atoms with van der Waals surface area (Å²) in [6.45, 7) is 8.43. The van der Waals surface area contributed by atoms with Gasteiger partial charge in [0.1, 0.15) is 18.6 Å². The SMILES string of the molecule is Cc1ccc(OCc2ccc(CN3CCS(=O)(=O)CC3)cc2C)c(-c2csc(N3CC4CC(C3)C4C=O)n2)c1. The maximum absolute atomic E-state index is 11.7. The molecule has 4 aliphatic rings. The van der Waals surface area contributed by atoms with Crippen LogP contribution in [-0.4, -0.2) is 62.3 Å². The molecule has 7 nitrogen and oxygen atoms in total. The van der Waals surface area contributed by atoms with E-state index in [1.54, 1.807) is 11.3 Å². The summed E-state index contributed by atoms with van der Waals surface area (Å²) in [5.74, 6) is 2.49. The van der Waals surface area contributed by atoms with E-state index in [2.05, 4.69) is 59.4 Å². The molecule has 1 aromatic heterocycles. The number of carbonyl (C=O) groups is 1. The summed E-state index contributed by atoms with van der Waals surface area (Å²) < 4.78 is 29.8. The molecular weight excluding hydrogens is 530 g/mol. The fraction of sp³-hybridized carbons (Fsp3) is 0.467. The number of hydrogen-bond acceptors (Lipinski definition) is 8. The third-order valence-electron chi connectivity index (χ3n) is 8.57. The number of sulfone groups is 1. The van der Waals surface area contributed by atoms with Gasteiger partial charge in [-0.3, -0.25) is 4.90 Å². The Balaban J connectivity index is 1.12. The molecule has 0 N–H and O–H groups in total. The number of thiazole rings is 1. The Hall–Kier alpha value is -2.75. The molecule has 39 heavy (non-hydrogen) atoms. The molecule has 2 bridgehead atoms. The number of ether oxygens (including phenoxy) is 1. The number of rotatable bonds is 8. The second-order valence-electron chi connectivity index (χ2n) is 11.4. The number of fused-ring (bicyclic) bond motifs is 2. The van der Waals surface area contributed by atoms with Crippen molar-refractivity contribution in [1.82, 2.24) is 9.88 Å². The van der Waals surface area contributed by atoms with Crippen molar-refractivity contribution < 1.29 is 17.9 Å². The molecule has 3 saturated heterocycles. The Kier molecular flexibility index (Phi) is 7.24. The van der Waals surface area contributed by atoms with Gasteiger partial charge in [-0.1, -0.05) is 29.8 Å². The maximum atomic E-state index is 11.7. The van der Waals surface area contributed by atoms with Gasteiger partial charge >= 0.3 is 0 Å². The van der Waals surface area contributed by atoms with E-state index in [0.717, 1.165) is 65.6 Å². The summed E-state index contributed by atoms with van der Waals surface area (Å²) in [6.07, 6.45) is 2.31. The standard InChI is InChI=1S/C30H35N3O4S2/c1-20-3-6-29(26(11-20)28-19-38-30(31-28)33-15-24-13-25(16-33)27(24)17-34)37-18-23-5-4-22(12-21(23)2)14-32-7-9-39(35,36)10-8-32/h3-6,11-12,17,19,24-25,27H,7-10,13-16,18H2,1-2H3. The number of hydrogen-bond donors (Lipinski definition) is 0. The minimum absolute atomic E-state index is 0.235. The zero-order chi connectivity index (χ0) is 27.1. The van der Waals surface area contributed by atoms with Crippen molar-refractivity contribution in [1.29, 1.82) is 0 Å².